The second-order valence-corrected chi connectivity index (χ2v) is 6.70. The van der Waals surface area contributed by atoms with E-state index in [0.29, 0.717) is 0 Å². The number of anilines is 1. The molecule has 0 aliphatic carbocycles. The van der Waals surface area contributed by atoms with Gasteiger partial charge in [-0.25, -0.2) is 4.98 Å². The van der Waals surface area contributed by atoms with Crippen LogP contribution in [0.5, 0.6) is 0 Å². The molecule has 0 N–H and O–H groups in total. The summed E-state index contributed by atoms with van der Waals surface area (Å²) >= 11 is 3.65. The average Bonchev–Trinajstić information content (AvgIpc) is 2.32. The molecule has 0 aromatic carbocycles. The van der Waals surface area contributed by atoms with E-state index in [2.05, 4.69) is 58.4 Å². The molecule has 0 radical (unpaired) electrons. The van der Waals surface area contributed by atoms with Gasteiger partial charge in [0, 0.05) is 37.9 Å². The van der Waals surface area contributed by atoms with Gasteiger partial charge in [-0.05, 0) is 55.3 Å². The molecule has 0 amide bonds. The standard InChI is InChI=1S/C14H22BrN3/c1-11-5-6-16-13(12(11)15)17-7-9-18(10-8-17)14(2,3)4/h5-6H,7-10H2,1-4H3. The summed E-state index contributed by atoms with van der Waals surface area (Å²) in [6, 6.07) is 2.04. The number of rotatable bonds is 1. The zero-order valence-electron chi connectivity index (χ0n) is 11.7. The van der Waals surface area contributed by atoms with Gasteiger partial charge in [0.05, 0.1) is 4.47 Å². The third kappa shape index (κ3) is 2.86. The molecule has 1 aromatic rings. The third-order valence-corrected chi connectivity index (χ3v) is 4.57. The molecule has 4 heteroatoms. The Bertz CT molecular complexity index is 418. The molecule has 100 valence electrons. The number of hydrogen-bond donors (Lipinski definition) is 0. The van der Waals surface area contributed by atoms with Crippen LogP contribution in [0.1, 0.15) is 26.3 Å². The van der Waals surface area contributed by atoms with Crippen molar-refractivity contribution in [3.05, 3.63) is 22.3 Å². The van der Waals surface area contributed by atoms with Crippen LogP contribution in [0.15, 0.2) is 16.7 Å². The Morgan fingerprint density at radius 1 is 1.17 bits per heavy atom. The van der Waals surface area contributed by atoms with Crippen LogP contribution in [0.4, 0.5) is 5.82 Å². The van der Waals surface area contributed by atoms with Crippen molar-refractivity contribution in [2.24, 2.45) is 0 Å². The van der Waals surface area contributed by atoms with Crippen molar-refractivity contribution >= 4 is 21.7 Å². The van der Waals surface area contributed by atoms with Crippen LogP contribution in [0.2, 0.25) is 0 Å². The lowest BCUT2D eigenvalue weighted by molar-refractivity contribution is 0.128. The Labute approximate surface area is 118 Å². The predicted octanol–water partition coefficient (Wildman–Crippen LogP) is 3.07. The minimum Gasteiger partial charge on any atom is -0.353 e. The van der Waals surface area contributed by atoms with Crippen LogP contribution in [0.25, 0.3) is 0 Å². The first-order valence-corrected chi connectivity index (χ1v) is 7.30. The molecule has 2 rings (SSSR count). The highest BCUT2D eigenvalue weighted by atomic mass is 79.9. The third-order valence-electron chi connectivity index (χ3n) is 3.59. The van der Waals surface area contributed by atoms with E-state index in [1.807, 2.05) is 12.3 Å². The van der Waals surface area contributed by atoms with Crippen LogP contribution in [0.3, 0.4) is 0 Å². The van der Waals surface area contributed by atoms with E-state index in [1.165, 1.54) is 5.56 Å². The van der Waals surface area contributed by atoms with Gasteiger partial charge in [0.15, 0.2) is 0 Å². The zero-order valence-corrected chi connectivity index (χ0v) is 13.3. The molecule has 0 unspecified atom stereocenters. The Morgan fingerprint density at radius 3 is 2.33 bits per heavy atom. The number of aryl methyl sites for hydroxylation is 1. The minimum atomic E-state index is 0.267. The molecule has 3 nitrogen and oxygen atoms in total. The van der Waals surface area contributed by atoms with Gasteiger partial charge >= 0.3 is 0 Å². The summed E-state index contributed by atoms with van der Waals surface area (Å²) in [7, 11) is 0. The van der Waals surface area contributed by atoms with Crippen molar-refractivity contribution in [1.82, 2.24) is 9.88 Å². The number of aromatic nitrogens is 1. The second kappa shape index (κ2) is 5.17. The van der Waals surface area contributed by atoms with Gasteiger partial charge in [0.2, 0.25) is 0 Å². The lowest BCUT2D eigenvalue weighted by atomic mass is 10.0. The summed E-state index contributed by atoms with van der Waals surface area (Å²) < 4.78 is 1.13. The Balaban J connectivity index is 2.08. The summed E-state index contributed by atoms with van der Waals surface area (Å²) in [4.78, 5) is 9.42. The van der Waals surface area contributed by atoms with Crippen LogP contribution in [0, 0.1) is 6.92 Å². The molecule has 1 saturated heterocycles. The molecule has 0 saturated carbocycles. The van der Waals surface area contributed by atoms with Crippen LogP contribution >= 0.6 is 15.9 Å². The molecule has 2 heterocycles. The van der Waals surface area contributed by atoms with Crippen LogP contribution in [-0.4, -0.2) is 41.6 Å². The number of halogens is 1. The van der Waals surface area contributed by atoms with Gasteiger partial charge in [-0.3, -0.25) is 4.90 Å². The Morgan fingerprint density at radius 2 is 1.78 bits per heavy atom. The topological polar surface area (TPSA) is 19.4 Å². The summed E-state index contributed by atoms with van der Waals surface area (Å²) in [5, 5.41) is 0. The molecule has 1 aromatic heterocycles. The second-order valence-electron chi connectivity index (χ2n) is 5.91. The monoisotopic (exact) mass is 311 g/mol. The Kier molecular flexibility index (Phi) is 3.97. The maximum absolute atomic E-state index is 4.51. The van der Waals surface area contributed by atoms with E-state index < -0.39 is 0 Å². The normalized spacial score (nSPS) is 18.2. The van der Waals surface area contributed by atoms with Crippen molar-refractivity contribution in [3.8, 4) is 0 Å². The molecular formula is C14H22BrN3. The lowest BCUT2D eigenvalue weighted by Crippen LogP contribution is -2.53. The Hall–Kier alpha value is -0.610. The lowest BCUT2D eigenvalue weighted by Gasteiger charge is -2.42. The smallest absolute Gasteiger partial charge is 0.143 e. The van der Waals surface area contributed by atoms with Gasteiger partial charge in [-0.1, -0.05) is 0 Å². The molecule has 1 aliphatic heterocycles. The minimum absolute atomic E-state index is 0.267. The first-order chi connectivity index (χ1) is 8.39. The van der Waals surface area contributed by atoms with Crippen LogP contribution < -0.4 is 4.90 Å². The number of nitrogens with zero attached hydrogens (tertiary/aromatic N) is 3. The van der Waals surface area contributed by atoms with E-state index in [9.17, 15) is 0 Å². The van der Waals surface area contributed by atoms with Gasteiger partial charge in [-0.2, -0.15) is 0 Å². The van der Waals surface area contributed by atoms with E-state index in [1.54, 1.807) is 0 Å². The van der Waals surface area contributed by atoms with Gasteiger partial charge in [-0.15, -0.1) is 0 Å². The fourth-order valence-electron chi connectivity index (χ4n) is 2.34. The largest absolute Gasteiger partial charge is 0.353 e. The van der Waals surface area contributed by atoms with Crippen molar-refractivity contribution in [1.29, 1.82) is 0 Å². The summed E-state index contributed by atoms with van der Waals surface area (Å²) in [6.07, 6.45) is 1.89. The molecular weight excluding hydrogens is 290 g/mol. The van der Waals surface area contributed by atoms with Gasteiger partial charge < -0.3 is 4.90 Å². The molecule has 0 bridgehead atoms. The highest BCUT2D eigenvalue weighted by Crippen LogP contribution is 2.28. The SMILES string of the molecule is Cc1ccnc(N2CCN(C(C)(C)C)CC2)c1Br. The number of pyridine rings is 1. The van der Waals surface area contributed by atoms with Crippen molar-refractivity contribution in [3.63, 3.8) is 0 Å². The fourth-order valence-corrected chi connectivity index (χ4v) is 2.82. The molecule has 0 spiro atoms. The van der Waals surface area contributed by atoms with Crippen molar-refractivity contribution < 1.29 is 0 Å². The van der Waals surface area contributed by atoms with E-state index in [0.717, 1.165) is 36.5 Å². The molecule has 1 aliphatic rings. The highest BCUT2D eigenvalue weighted by molar-refractivity contribution is 9.10. The number of hydrogen-bond acceptors (Lipinski definition) is 3. The maximum Gasteiger partial charge on any atom is 0.143 e. The number of piperazine rings is 1. The highest BCUT2D eigenvalue weighted by Gasteiger charge is 2.27. The van der Waals surface area contributed by atoms with E-state index in [-0.39, 0.29) is 5.54 Å². The quantitative estimate of drug-likeness (QED) is 0.794. The predicted molar refractivity (Wildman–Crippen MR) is 80.2 cm³/mol. The molecule has 18 heavy (non-hydrogen) atoms. The summed E-state index contributed by atoms with van der Waals surface area (Å²) in [5.74, 6) is 1.09. The first-order valence-electron chi connectivity index (χ1n) is 6.50. The van der Waals surface area contributed by atoms with Gasteiger partial charge in [0.1, 0.15) is 5.82 Å². The van der Waals surface area contributed by atoms with Crippen molar-refractivity contribution in [2.75, 3.05) is 31.1 Å². The average molecular weight is 312 g/mol. The van der Waals surface area contributed by atoms with Gasteiger partial charge in [0.25, 0.3) is 0 Å². The van der Waals surface area contributed by atoms with Crippen LogP contribution in [-0.2, 0) is 0 Å². The van der Waals surface area contributed by atoms with E-state index in [4.69, 9.17) is 0 Å². The fraction of sp³-hybridized carbons (Fsp3) is 0.643. The summed E-state index contributed by atoms with van der Waals surface area (Å²) in [5.41, 5.74) is 1.52. The maximum atomic E-state index is 4.51. The molecule has 1 fully saturated rings. The van der Waals surface area contributed by atoms with E-state index >= 15 is 0 Å². The first kappa shape index (κ1) is 13.8. The molecule has 0 atom stereocenters. The summed E-state index contributed by atoms with van der Waals surface area (Å²) in [6.45, 7) is 13.3. The zero-order chi connectivity index (χ0) is 13.3. The van der Waals surface area contributed by atoms with Crippen molar-refractivity contribution in [2.45, 2.75) is 33.2 Å².